The van der Waals surface area contributed by atoms with Gasteiger partial charge in [0, 0.05) is 5.56 Å². The topological polar surface area (TPSA) is 61.6 Å². The lowest BCUT2D eigenvalue weighted by Gasteiger charge is -2.00. The quantitative estimate of drug-likeness (QED) is 0.575. The molecule has 0 unspecified atom stereocenters. The number of oxazole rings is 1. The molecule has 2 aromatic heterocycles. The first-order valence-electron chi connectivity index (χ1n) is 7.66. The Bertz CT molecular complexity index is 870. The maximum atomic E-state index is 11.9. The van der Waals surface area contributed by atoms with Crippen LogP contribution in [0, 0.1) is 0 Å². The van der Waals surface area contributed by atoms with E-state index in [1.807, 2.05) is 30.3 Å². The second-order valence-corrected chi connectivity index (χ2v) is 6.82. The molecule has 0 bridgehead atoms. The fraction of sp³-hybridized carbons (Fsp3) is 0.222. The van der Waals surface area contributed by atoms with Gasteiger partial charge in [-0.25, -0.2) is 4.98 Å². The van der Waals surface area contributed by atoms with Gasteiger partial charge in [-0.1, -0.05) is 11.6 Å². The first-order chi connectivity index (χ1) is 12.1. The predicted octanol–water partition coefficient (Wildman–Crippen LogP) is 4.84. The second-order valence-electron chi connectivity index (χ2n) is 5.10. The molecule has 3 aromatic rings. The summed E-state index contributed by atoms with van der Waals surface area (Å²) in [5.41, 5.74) is 1.40. The Hall–Kier alpha value is -2.31. The van der Waals surface area contributed by atoms with E-state index in [1.165, 1.54) is 11.3 Å². The van der Waals surface area contributed by atoms with E-state index in [0.29, 0.717) is 28.3 Å². The fourth-order valence-electron chi connectivity index (χ4n) is 2.31. The van der Waals surface area contributed by atoms with Gasteiger partial charge in [0.1, 0.15) is 23.6 Å². The van der Waals surface area contributed by atoms with Crippen molar-refractivity contribution in [2.75, 3.05) is 13.7 Å². The van der Waals surface area contributed by atoms with Crippen LogP contribution < -0.4 is 4.74 Å². The van der Waals surface area contributed by atoms with Gasteiger partial charge in [0.15, 0.2) is 0 Å². The number of methoxy groups -OCH3 is 1. The van der Waals surface area contributed by atoms with Crippen LogP contribution in [0.4, 0.5) is 0 Å². The maximum absolute atomic E-state index is 11.9. The zero-order valence-electron chi connectivity index (χ0n) is 13.7. The lowest BCUT2D eigenvalue weighted by atomic mass is 10.2. The monoisotopic (exact) mass is 377 g/mol. The number of hydrogen-bond donors (Lipinski definition) is 0. The van der Waals surface area contributed by atoms with Crippen LogP contribution in [0.5, 0.6) is 5.75 Å². The largest absolute Gasteiger partial charge is 0.497 e. The van der Waals surface area contributed by atoms with Gasteiger partial charge in [0.25, 0.3) is 0 Å². The van der Waals surface area contributed by atoms with Crippen molar-refractivity contribution in [3.05, 3.63) is 46.5 Å². The molecule has 0 N–H and O–H groups in total. The number of hydrogen-bond acceptors (Lipinski definition) is 6. The Kier molecular flexibility index (Phi) is 5.40. The highest BCUT2D eigenvalue weighted by Gasteiger charge is 2.20. The molecule has 5 nitrogen and oxygen atoms in total. The van der Waals surface area contributed by atoms with Crippen molar-refractivity contribution >= 4 is 28.9 Å². The van der Waals surface area contributed by atoms with Gasteiger partial charge in [0.2, 0.25) is 5.89 Å². The lowest BCUT2D eigenvalue weighted by molar-refractivity contribution is -0.142. The molecule has 130 valence electrons. The Morgan fingerprint density at radius 1 is 1.24 bits per heavy atom. The van der Waals surface area contributed by atoms with Crippen LogP contribution in [0.3, 0.4) is 0 Å². The van der Waals surface area contributed by atoms with Crippen LogP contribution in [0.25, 0.3) is 22.0 Å². The van der Waals surface area contributed by atoms with Gasteiger partial charge in [-0.3, -0.25) is 4.79 Å². The van der Waals surface area contributed by atoms with Crippen molar-refractivity contribution in [1.29, 1.82) is 0 Å². The SMILES string of the molecule is CCOC(=O)Cc1oc(-c2ccc(OC)cc2)nc1-c1ccc(Cl)s1. The number of esters is 1. The number of carbonyl (C=O) groups excluding carboxylic acids is 1. The van der Waals surface area contributed by atoms with E-state index in [2.05, 4.69) is 4.98 Å². The second kappa shape index (κ2) is 7.72. The highest BCUT2D eigenvalue weighted by atomic mass is 35.5. The third-order valence-corrected chi connectivity index (χ3v) is 4.69. The molecule has 0 radical (unpaired) electrons. The van der Waals surface area contributed by atoms with Crippen molar-refractivity contribution in [3.8, 4) is 27.8 Å². The number of nitrogens with zero attached hydrogens (tertiary/aromatic N) is 1. The van der Waals surface area contributed by atoms with E-state index in [-0.39, 0.29) is 12.4 Å². The summed E-state index contributed by atoms with van der Waals surface area (Å²) in [4.78, 5) is 17.3. The average Bonchev–Trinajstić information content (AvgIpc) is 3.21. The van der Waals surface area contributed by atoms with Crippen LogP contribution in [0.1, 0.15) is 12.7 Å². The highest BCUT2D eigenvalue weighted by molar-refractivity contribution is 7.19. The van der Waals surface area contributed by atoms with Crippen molar-refractivity contribution in [2.24, 2.45) is 0 Å². The van der Waals surface area contributed by atoms with E-state index < -0.39 is 0 Å². The molecule has 0 spiro atoms. The molecule has 2 heterocycles. The third-order valence-electron chi connectivity index (χ3n) is 3.45. The fourth-order valence-corrected chi connectivity index (χ4v) is 3.36. The first-order valence-corrected chi connectivity index (χ1v) is 8.85. The molecule has 0 aliphatic rings. The summed E-state index contributed by atoms with van der Waals surface area (Å²) < 4.78 is 16.7. The molecular formula is C18H16ClNO4S. The number of halogens is 1. The highest BCUT2D eigenvalue weighted by Crippen LogP contribution is 2.35. The molecule has 0 fully saturated rings. The zero-order valence-corrected chi connectivity index (χ0v) is 15.3. The standard InChI is InChI=1S/C18H16ClNO4S/c1-3-23-16(21)10-13-17(14-8-9-15(19)25-14)20-18(24-13)11-4-6-12(22-2)7-5-11/h4-9H,3,10H2,1-2H3. The molecule has 0 saturated carbocycles. The molecule has 3 rings (SSSR count). The molecule has 0 amide bonds. The van der Waals surface area contributed by atoms with Crippen molar-refractivity contribution < 1.29 is 18.7 Å². The number of thiophene rings is 1. The van der Waals surface area contributed by atoms with Gasteiger partial charge < -0.3 is 13.9 Å². The smallest absolute Gasteiger partial charge is 0.313 e. The van der Waals surface area contributed by atoms with E-state index >= 15 is 0 Å². The van der Waals surface area contributed by atoms with Gasteiger partial charge in [-0.2, -0.15) is 0 Å². The molecular weight excluding hydrogens is 362 g/mol. The molecule has 0 aliphatic heterocycles. The van der Waals surface area contributed by atoms with E-state index in [0.717, 1.165) is 16.2 Å². The summed E-state index contributed by atoms with van der Waals surface area (Å²) >= 11 is 7.41. The normalized spacial score (nSPS) is 10.7. The summed E-state index contributed by atoms with van der Waals surface area (Å²) in [5, 5.41) is 0. The number of benzene rings is 1. The van der Waals surface area contributed by atoms with Crippen LogP contribution in [-0.2, 0) is 16.0 Å². The maximum Gasteiger partial charge on any atom is 0.313 e. The van der Waals surface area contributed by atoms with E-state index in [1.54, 1.807) is 20.1 Å². The van der Waals surface area contributed by atoms with Crippen LogP contribution >= 0.6 is 22.9 Å². The number of carbonyl (C=O) groups is 1. The summed E-state index contributed by atoms with van der Waals surface area (Å²) in [6.07, 6.45) is 0.0157. The van der Waals surface area contributed by atoms with Gasteiger partial charge in [0.05, 0.1) is 22.9 Å². The van der Waals surface area contributed by atoms with Crippen LogP contribution in [0.15, 0.2) is 40.8 Å². The molecule has 7 heteroatoms. The van der Waals surface area contributed by atoms with Crippen molar-refractivity contribution in [2.45, 2.75) is 13.3 Å². The first kappa shape index (κ1) is 17.5. The van der Waals surface area contributed by atoms with Crippen LogP contribution in [0.2, 0.25) is 4.34 Å². The van der Waals surface area contributed by atoms with E-state index in [4.69, 9.17) is 25.5 Å². The Labute approximate surface area is 154 Å². The minimum absolute atomic E-state index is 0.0157. The summed E-state index contributed by atoms with van der Waals surface area (Å²) in [5.74, 6) is 1.28. The van der Waals surface area contributed by atoms with E-state index in [9.17, 15) is 4.79 Å². The van der Waals surface area contributed by atoms with Gasteiger partial charge in [-0.05, 0) is 43.3 Å². The molecule has 1 aromatic carbocycles. The minimum atomic E-state index is -0.358. The van der Waals surface area contributed by atoms with Crippen molar-refractivity contribution in [3.63, 3.8) is 0 Å². The Morgan fingerprint density at radius 3 is 2.60 bits per heavy atom. The van der Waals surface area contributed by atoms with Gasteiger partial charge in [-0.15, -0.1) is 11.3 Å². The summed E-state index contributed by atoms with van der Waals surface area (Å²) in [6, 6.07) is 11.0. The van der Waals surface area contributed by atoms with Crippen LogP contribution in [-0.4, -0.2) is 24.7 Å². The Balaban J connectivity index is 1.99. The third kappa shape index (κ3) is 4.03. The van der Waals surface area contributed by atoms with Gasteiger partial charge >= 0.3 is 5.97 Å². The molecule has 0 saturated heterocycles. The average molecular weight is 378 g/mol. The summed E-state index contributed by atoms with van der Waals surface area (Å²) in [7, 11) is 1.61. The zero-order chi connectivity index (χ0) is 17.8. The summed E-state index contributed by atoms with van der Waals surface area (Å²) in [6.45, 7) is 2.08. The lowest BCUT2D eigenvalue weighted by Crippen LogP contribution is -2.07. The molecule has 25 heavy (non-hydrogen) atoms. The number of rotatable bonds is 6. The number of ether oxygens (including phenoxy) is 2. The minimum Gasteiger partial charge on any atom is -0.497 e. The molecule has 0 aliphatic carbocycles. The predicted molar refractivity (Wildman–Crippen MR) is 97.2 cm³/mol. The molecule has 0 atom stereocenters. The van der Waals surface area contributed by atoms with Crippen molar-refractivity contribution in [1.82, 2.24) is 4.98 Å². The number of aromatic nitrogens is 1. The Morgan fingerprint density at radius 2 is 2.00 bits per heavy atom.